The molecule has 2 aromatic carbocycles. The van der Waals surface area contributed by atoms with Crippen LogP contribution >= 0.6 is 11.6 Å². The first-order valence-corrected chi connectivity index (χ1v) is 7.27. The molecule has 0 aliphatic rings. The first-order valence-electron chi connectivity index (χ1n) is 6.89. The van der Waals surface area contributed by atoms with Crippen LogP contribution in [0.3, 0.4) is 0 Å². The summed E-state index contributed by atoms with van der Waals surface area (Å²) in [5.74, 6) is 0.527. The number of hydrogen-bond donors (Lipinski definition) is 1. The molecule has 0 aliphatic carbocycles. The lowest BCUT2D eigenvalue weighted by atomic mass is 9.94. The van der Waals surface area contributed by atoms with E-state index >= 15 is 0 Å². The summed E-state index contributed by atoms with van der Waals surface area (Å²) in [5, 5.41) is 3.85. The molecule has 0 fully saturated rings. The molecule has 0 heterocycles. The largest absolute Gasteiger partial charge is 0.497 e. The van der Waals surface area contributed by atoms with Gasteiger partial charge in [0.1, 0.15) is 11.6 Å². The van der Waals surface area contributed by atoms with E-state index in [1.807, 2.05) is 32.0 Å². The van der Waals surface area contributed by atoms with Gasteiger partial charge in [-0.1, -0.05) is 24.6 Å². The molecule has 1 unspecified atom stereocenters. The van der Waals surface area contributed by atoms with Crippen LogP contribution < -0.4 is 10.1 Å². The van der Waals surface area contributed by atoms with Crippen LogP contribution in [0.4, 0.5) is 4.39 Å². The van der Waals surface area contributed by atoms with Crippen LogP contribution in [0.5, 0.6) is 5.75 Å². The van der Waals surface area contributed by atoms with Gasteiger partial charge in [0.05, 0.1) is 13.2 Å². The molecule has 0 aliphatic heterocycles. The topological polar surface area (TPSA) is 21.3 Å². The SMILES string of the molecule is CCNC(c1ccc(OC)cc1C)c1cc(Cl)ccc1F. The number of rotatable bonds is 5. The zero-order chi connectivity index (χ0) is 15.4. The summed E-state index contributed by atoms with van der Waals surface area (Å²) in [7, 11) is 1.63. The van der Waals surface area contributed by atoms with Gasteiger partial charge in [0.25, 0.3) is 0 Å². The van der Waals surface area contributed by atoms with Gasteiger partial charge in [-0.3, -0.25) is 0 Å². The van der Waals surface area contributed by atoms with E-state index in [1.54, 1.807) is 19.2 Å². The number of halogens is 2. The van der Waals surface area contributed by atoms with Crippen molar-refractivity contribution in [3.8, 4) is 5.75 Å². The van der Waals surface area contributed by atoms with Crippen LogP contribution in [-0.2, 0) is 0 Å². The lowest BCUT2D eigenvalue weighted by molar-refractivity contribution is 0.414. The molecular formula is C17H19ClFNO. The van der Waals surface area contributed by atoms with E-state index in [9.17, 15) is 4.39 Å². The maximum absolute atomic E-state index is 14.2. The second-order valence-corrected chi connectivity index (χ2v) is 5.32. The lowest BCUT2D eigenvalue weighted by Crippen LogP contribution is -2.23. The lowest BCUT2D eigenvalue weighted by Gasteiger charge is -2.22. The van der Waals surface area contributed by atoms with E-state index in [-0.39, 0.29) is 11.9 Å². The van der Waals surface area contributed by atoms with Crippen molar-refractivity contribution >= 4 is 11.6 Å². The normalized spacial score (nSPS) is 12.2. The molecule has 0 bridgehead atoms. The molecule has 0 radical (unpaired) electrons. The smallest absolute Gasteiger partial charge is 0.128 e. The Hall–Kier alpha value is -1.58. The highest BCUT2D eigenvalue weighted by atomic mass is 35.5. The quantitative estimate of drug-likeness (QED) is 0.878. The number of aryl methyl sites for hydroxylation is 1. The molecule has 0 saturated heterocycles. The number of nitrogens with one attached hydrogen (secondary N) is 1. The fraction of sp³-hybridized carbons (Fsp3) is 0.294. The van der Waals surface area contributed by atoms with Gasteiger partial charge in [0, 0.05) is 10.6 Å². The Balaban J connectivity index is 2.50. The van der Waals surface area contributed by atoms with Crippen LogP contribution in [0, 0.1) is 12.7 Å². The Bertz CT molecular complexity index is 630. The summed E-state index contributed by atoms with van der Waals surface area (Å²) in [6.07, 6.45) is 0. The molecule has 1 atom stereocenters. The maximum Gasteiger partial charge on any atom is 0.128 e. The summed E-state index contributed by atoms with van der Waals surface area (Å²) >= 11 is 6.02. The molecule has 0 saturated carbocycles. The Kier molecular flexibility index (Phi) is 5.21. The average molecular weight is 308 g/mol. The second kappa shape index (κ2) is 6.92. The highest BCUT2D eigenvalue weighted by Crippen LogP contribution is 2.30. The van der Waals surface area contributed by atoms with Gasteiger partial charge in [-0.25, -0.2) is 4.39 Å². The average Bonchev–Trinajstić information content (AvgIpc) is 2.48. The van der Waals surface area contributed by atoms with Crippen molar-refractivity contribution in [3.05, 3.63) is 63.9 Å². The van der Waals surface area contributed by atoms with E-state index < -0.39 is 0 Å². The van der Waals surface area contributed by atoms with Crippen molar-refractivity contribution in [2.45, 2.75) is 19.9 Å². The standard InChI is InChI=1S/C17H19ClFNO/c1-4-20-17(15-10-12(18)5-8-16(15)19)14-7-6-13(21-3)9-11(14)2/h5-10,17,20H,4H2,1-3H3. The molecular weight excluding hydrogens is 289 g/mol. The predicted molar refractivity (Wildman–Crippen MR) is 84.7 cm³/mol. The summed E-state index contributed by atoms with van der Waals surface area (Å²) in [6.45, 7) is 4.71. The van der Waals surface area contributed by atoms with Crippen molar-refractivity contribution in [1.29, 1.82) is 0 Å². The van der Waals surface area contributed by atoms with Crippen molar-refractivity contribution in [3.63, 3.8) is 0 Å². The fourth-order valence-electron chi connectivity index (χ4n) is 2.43. The number of benzene rings is 2. The molecule has 112 valence electrons. The van der Waals surface area contributed by atoms with Gasteiger partial charge in [0.15, 0.2) is 0 Å². The van der Waals surface area contributed by atoms with Crippen molar-refractivity contribution < 1.29 is 9.13 Å². The van der Waals surface area contributed by atoms with Gasteiger partial charge in [-0.15, -0.1) is 0 Å². The van der Waals surface area contributed by atoms with Gasteiger partial charge in [-0.2, -0.15) is 0 Å². The number of ether oxygens (including phenoxy) is 1. The minimum absolute atomic E-state index is 0.236. The van der Waals surface area contributed by atoms with Gasteiger partial charge < -0.3 is 10.1 Å². The third kappa shape index (κ3) is 3.55. The highest BCUT2D eigenvalue weighted by Gasteiger charge is 2.19. The van der Waals surface area contributed by atoms with E-state index in [0.29, 0.717) is 10.6 Å². The monoisotopic (exact) mass is 307 g/mol. The third-order valence-corrected chi connectivity index (χ3v) is 3.70. The summed E-state index contributed by atoms with van der Waals surface area (Å²) < 4.78 is 19.4. The molecule has 2 aromatic rings. The Morgan fingerprint density at radius 1 is 1.19 bits per heavy atom. The highest BCUT2D eigenvalue weighted by molar-refractivity contribution is 6.30. The van der Waals surface area contributed by atoms with Crippen LogP contribution in [0.15, 0.2) is 36.4 Å². The summed E-state index contributed by atoms with van der Waals surface area (Å²) in [6, 6.07) is 10.2. The zero-order valence-electron chi connectivity index (χ0n) is 12.4. The van der Waals surface area contributed by atoms with E-state index in [1.165, 1.54) is 6.07 Å². The van der Waals surface area contributed by atoms with E-state index in [4.69, 9.17) is 16.3 Å². The van der Waals surface area contributed by atoms with Crippen LogP contribution in [-0.4, -0.2) is 13.7 Å². The molecule has 2 nitrogen and oxygen atoms in total. The van der Waals surface area contributed by atoms with Crippen molar-refractivity contribution in [1.82, 2.24) is 5.32 Å². The van der Waals surface area contributed by atoms with E-state index in [2.05, 4.69) is 5.32 Å². The van der Waals surface area contributed by atoms with Crippen LogP contribution in [0.2, 0.25) is 5.02 Å². The predicted octanol–water partition coefficient (Wildman–Crippen LogP) is 4.50. The Morgan fingerprint density at radius 3 is 2.57 bits per heavy atom. The Morgan fingerprint density at radius 2 is 1.95 bits per heavy atom. The number of methoxy groups -OCH3 is 1. The van der Waals surface area contributed by atoms with E-state index in [0.717, 1.165) is 23.4 Å². The number of hydrogen-bond acceptors (Lipinski definition) is 2. The third-order valence-electron chi connectivity index (χ3n) is 3.47. The van der Waals surface area contributed by atoms with Crippen LogP contribution in [0.25, 0.3) is 0 Å². The zero-order valence-corrected chi connectivity index (χ0v) is 13.2. The Labute approximate surface area is 129 Å². The fourth-order valence-corrected chi connectivity index (χ4v) is 2.61. The summed E-state index contributed by atoms with van der Waals surface area (Å²) in [5.41, 5.74) is 2.61. The molecule has 0 spiro atoms. The van der Waals surface area contributed by atoms with Crippen LogP contribution in [0.1, 0.15) is 29.7 Å². The van der Waals surface area contributed by atoms with Crippen molar-refractivity contribution in [2.75, 3.05) is 13.7 Å². The molecule has 0 amide bonds. The first-order chi connectivity index (χ1) is 10.1. The minimum atomic E-state index is -0.263. The minimum Gasteiger partial charge on any atom is -0.497 e. The van der Waals surface area contributed by atoms with Gasteiger partial charge >= 0.3 is 0 Å². The molecule has 0 aromatic heterocycles. The molecule has 1 N–H and O–H groups in total. The molecule has 21 heavy (non-hydrogen) atoms. The molecule has 2 rings (SSSR count). The van der Waals surface area contributed by atoms with Gasteiger partial charge in [0.2, 0.25) is 0 Å². The molecule has 4 heteroatoms. The first kappa shape index (κ1) is 15.8. The summed E-state index contributed by atoms with van der Waals surface area (Å²) in [4.78, 5) is 0. The maximum atomic E-state index is 14.2. The van der Waals surface area contributed by atoms with Crippen molar-refractivity contribution in [2.24, 2.45) is 0 Å². The van der Waals surface area contributed by atoms with Gasteiger partial charge in [-0.05, 0) is 54.9 Å². The second-order valence-electron chi connectivity index (χ2n) is 4.88.